The molecule has 0 N–H and O–H groups in total. The van der Waals surface area contributed by atoms with Crippen LogP contribution < -0.4 is 5.56 Å². The highest BCUT2D eigenvalue weighted by Crippen LogP contribution is 2.21. The largest absolute Gasteiger partial charge is 0.459 e. The minimum absolute atomic E-state index is 0.0165. The number of ether oxygens (including phenoxy) is 1. The van der Waals surface area contributed by atoms with Gasteiger partial charge in [0.05, 0.1) is 11.4 Å². The molecule has 0 atom stereocenters. The predicted octanol–water partition coefficient (Wildman–Crippen LogP) is 3.17. The number of thioether (sulfide) groups is 1. The van der Waals surface area contributed by atoms with E-state index in [4.69, 9.17) is 4.74 Å². The standard InChI is InChI=1S/C18H19N3O3S2/c1-4-15-20-21-16(22)8-13(19-18(21)26-15)9-24-17(23)10-25-14-6-5-11(2)12(3)7-14/h5-8H,4,9-10H2,1-3H3. The molecule has 1 aromatic carbocycles. The summed E-state index contributed by atoms with van der Waals surface area (Å²) in [5, 5.41) is 5.03. The Morgan fingerprint density at radius 2 is 2.08 bits per heavy atom. The Balaban J connectivity index is 1.59. The van der Waals surface area contributed by atoms with Gasteiger partial charge in [0.25, 0.3) is 5.56 Å². The Morgan fingerprint density at radius 1 is 1.27 bits per heavy atom. The molecule has 0 unspecified atom stereocenters. The Morgan fingerprint density at radius 3 is 2.81 bits per heavy atom. The van der Waals surface area contributed by atoms with E-state index in [1.807, 2.05) is 26.0 Å². The van der Waals surface area contributed by atoms with Crippen molar-refractivity contribution in [3.8, 4) is 0 Å². The third kappa shape index (κ3) is 4.31. The predicted molar refractivity (Wildman–Crippen MR) is 103 cm³/mol. The molecular formula is C18H19N3O3S2. The molecule has 0 spiro atoms. The Bertz CT molecular complexity index is 1010. The Labute approximate surface area is 159 Å². The van der Waals surface area contributed by atoms with Crippen LogP contribution in [-0.2, 0) is 22.6 Å². The fourth-order valence-corrected chi connectivity index (χ4v) is 3.90. The molecule has 0 aliphatic rings. The van der Waals surface area contributed by atoms with Crippen LogP contribution in [0.2, 0.25) is 0 Å². The lowest BCUT2D eigenvalue weighted by atomic mass is 10.1. The van der Waals surface area contributed by atoms with E-state index in [1.54, 1.807) is 0 Å². The molecule has 3 aromatic rings. The molecule has 26 heavy (non-hydrogen) atoms. The van der Waals surface area contributed by atoms with Crippen molar-refractivity contribution >= 4 is 34.0 Å². The van der Waals surface area contributed by atoms with Crippen molar-refractivity contribution in [3.63, 3.8) is 0 Å². The SMILES string of the molecule is CCc1nn2c(=O)cc(COC(=O)CSc3ccc(C)c(C)c3)nc2s1. The molecule has 3 rings (SSSR count). The van der Waals surface area contributed by atoms with Crippen molar-refractivity contribution in [1.29, 1.82) is 0 Å². The molecule has 0 amide bonds. The van der Waals surface area contributed by atoms with Gasteiger partial charge in [0, 0.05) is 11.0 Å². The van der Waals surface area contributed by atoms with Crippen molar-refractivity contribution in [2.45, 2.75) is 38.7 Å². The van der Waals surface area contributed by atoms with Crippen LogP contribution in [0, 0.1) is 13.8 Å². The van der Waals surface area contributed by atoms with E-state index in [-0.39, 0.29) is 23.9 Å². The van der Waals surface area contributed by atoms with E-state index in [9.17, 15) is 9.59 Å². The maximum Gasteiger partial charge on any atom is 0.316 e. The smallest absolute Gasteiger partial charge is 0.316 e. The van der Waals surface area contributed by atoms with Gasteiger partial charge >= 0.3 is 5.97 Å². The first-order valence-electron chi connectivity index (χ1n) is 8.20. The van der Waals surface area contributed by atoms with Crippen LogP contribution in [0.1, 0.15) is 28.8 Å². The van der Waals surface area contributed by atoms with Gasteiger partial charge in [0.2, 0.25) is 4.96 Å². The summed E-state index contributed by atoms with van der Waals surface area (Å²) < 4.78 is 6.54. The molecule has 2 heterocycles. The maximum absolute atomic E-state index is 12.1. The lowest BCUT2D eigenvalue weighted by Gasteiger charge is -2.06. The molecule has 2 aromatic heterocycles. The number of nitrogens with zero attached hydrogens (tertiary/aromatic N) is 3. The maximum atomic E-state index is 12.1. The average Bonchev–Trinajstić information content (AvgIpc) is 3.05. The molecule has 136 valence electrons. The highest BCUT2D eigenvalue weighted by Gasteiger charge is 2.10. The minimum atomic E-state index is -0.339. The second kappa shape index (κ2) is 8.01. The van der Waals surface area contributed by atoms with Crippen molar-refractivity contribution in [2.24, 2.45) is 0 Å². The lowest BCUT2D eigenvalue weighted by Crippen LogP contribution is -2.17. The monoisotopic (exact) mass is 389 g/mol. The first-order valence-corrected chi connectivity index (χ1v) is 10.0. The normalized spacial score (nSPS) is 11.0. The van der Waals surface area contributed by atoms with E-state index in [1.165, 1.54) is 44.8 Å². The summed E-state index contributed by atoms with van der Waals surface area (Å²) in [5.41, 5.74) is 2.59. The number of carbonyl (C=O) groups is 1. The van der Waals surface area contributed by atoms with Crippen molar-refractivity contribution in [2.75, 3.05) is 5.75 Å². The molecule has 6 nitrogen and oxygen atoms in total. The molecule has 0 bridgehead atoms. The summed E-state index contributed by atoms with van der Waals surface area (Å²) in [5.74, 6) is -0.127. The summed E-state index contributed by atoms with van der Waals surface area (Å²) in [7, 11) is 0. The van der Waals surface area contributed by atoms with Crippen molar-refractivity contribution < 1.29 is 9.53 Å². The van der Waals surface area contributed by atoms with Crippen LogP contribution in [0.3, 0.4) is 0 Å². The Kier molecular flexibility index (Phi) is 5.73. The van der Waals surface area contributed by atoms with Gasteiger partial charge in [0.15, 0.2) is 0 Å². The van der Waals surface area contributed by atoms with Crippen LogP contribution in [0.15, 0.2) is 34.0 Å². The van der Waals surface area contributed by atoms with Gasteiger partial charge in [-0.1, -0.05) is 24.3 Å². The topological polar surface area (TPSA) is 73.6 Å². The number of aryl methyl sites for hydroxylation is 3. The highest BCUT2D eigenvalue weighted by atomic mass is 32.2. The van der Waals surface area contributed by atoms with Gasteiger partial charge in [-0.25, -0.2) is 4.98 Å². The zero-order valence-corrected chi connectivity index (χ0v) is 16.4. The third-order valence-electron chi connectivity index (χ3n) is 3.86. The van der Waals surface area contributed by atoms with E-state index >= 15 is 0 Å². The van der Waals surface area contributed by atoms with Crippen LogP contribution in [0.4, 0.5) is 0 Å². The number of esters is 1. The molecule has 0 saturated carbocycles. The first-order chi connectivity index (χ1) is 12.5. The lowest BCUT2D eigenvalue weighted by molar-refractivity contribution is -0.141. The second-order valence-corrected chi connectivity index (χ2v) is 7.91. The quantitative estimate of drug-likeness (QED) is 0.476. The van der Waals surface area contributed by atoms with Crippen LogP contribution in [-0.4, -0.2) is 26.3 Å². The van der Waals surface area contributed by atoms with Crippen LogP contribution in [0.5, 0.6) is 0 Å². The first kappa shape index (κ1) is 18.6. The summed E-state index contributed by atoms with van der Waals surface area (Å²) in [6.07, 6.45) is 0.744. The van der Waals surface area contributed by atoms with E-state index in [0.29, 0.717) is 10.7 Å². The molecule has 0 saturated heterocycles. The van der Waals surface area contributed by atoms with E-state index < -0.39 is 0 Å². The molecule has 0 radical (unpaired) electrons. The van der Waals surface area contributed by atoms with Gasteiger partial charge in [0.1, 0.15) is 11.6 Å². The molecule has 0 aliphatic carbocycles. The van der Waals surface area contributed by atoms with Crippen molar-refractivity contribution in [3.05, 3.63) is 56.4 Å². The molecular weight excluding hydrogens is 370 g/mol. The zero-order valence-electron chi connectivity index (χ0n) is 14.8. The number of rotatable bonds is 6. The van der Waals surface area contributed by atoms with Gasteiger partial charge in [-0.2, -0.15) is 9.61 Å². The van der Waals surface area contributed by atoms with Crippen LogP contribution >= 0.6 is 23.1 Å². The minimum Gasteiger partial charge on any atom is -0.459 e. The molecule has 0 fully saturated rings. The van der Waals surface area contributed by atoms with E-state index in [2.05, 4.69) is 23.1 Å². The van der Waals surface area contributed by atoms with Gasteiger partial charge < -0.3 is 4.74 Å². The number of benzene rings is 1. The molecule has 8 heteroatoms. The summed E-state index contributed by atoms with van der Waals surface area (Å²) >= 11 is 2.80. The fraction of sp³-hybridized carbons (Fsp3) is 0.333. The number of fused-ring (bicyclic) bond motifs is 1. The number of hydrogen-bond acceptors (Lipinski definition) is 7. The van der Waals surface area contributed by atoms with Crippen LogP contribution in [0.25, 0.3) is 4.96 Å². The summed E-state index contributed by atoms with van der Waals surface area (Å²) in [6, 6.07) is 7.44. The molecule has 0 aliphatic heterocycles. The second-order valence-electron chi connectivity index (χ2n) is 5.82. The average molecular weight is 390 g/mol. The number of aromatic nitrogens is 3. The van der Waals surface area contributed by atoms with Gasteiger partial charge in [-0.3, -0.25) is 9.59 Å². The fourth-order valence-electron chi connectivity index (χ4n) is 2.25. The summed E-state index contributed by atoms with van der Waals surface area (Å²) in [6.45, 7) is 6.05. The van der Waals surface area contributed by atoms with Gasteiger partial charge in [-0.05, 0) is 43.5 Å². The highest BCUT2D eigenvalue weighted by molar-refractivity contribution is 8.00. The Hall–Kier alpha value is -2.19. The number of hydrogen-bond donors (Lipinski definition) is 0. The van der Waals surface area contributed by atoms with Crippen molar-refractivity contribution in [1.82, 2.24) is 14.6 Å². The number of carbonyl (C=O) groups excluding carboxylic acids is 1. The third-order valence-corrected chi connectivity index (χ3v) is 5.88. The zero-order chi connectivity index (χ0) is 18.7. The van der Waals surface area contributed by atoms with Gasteiger partial charge in [-0.15, -0.1) is 11.8 Å². The summed E-state index contributed by atoms with van der Waals surface area (Å²) in [4.78, 5) is 29.9. The van der Waals surface area contributed by atoms with E-state index in [0.717, 1.165) is 16.3 Å².